The van der Waals surface area contributed by atoms with Crippen molar-refractivity contribution in [1.82, 2.24) is 5.32 Å². The van der Waals surface area contributed by atoms with E-state index in [1.807, 2.05) is 31.2 Å². The number of rotatable bonds is 3. The van der Waals surface area contributed by atoms with Crippen LogP contribution in [0.2, 0.25) is 0 Å². The second-order valence-corrected chi connectivity index (χ2v) is 5.26. The minimum atomic E-state index is -0.159. The molecular formula is C15H15BrN2O. The highest BCUT2D eigenvalue weighted by atomic mass is 79.9. The number of anilines is 1. The van der Waals surface area contributed by atoms with Crippen molar-refractivity contribution in [1.29, 1.82) is 0 Å². The normalized spacial score (nSPS) is 10.2. The van der Waals surface area contributed by atoms with Crippen LogP contribution >= 0.6 is 15.9 Å². The molecule has 0 radical (unpaired) electrons. The van der Waals surface area contributed by atoms with E-state index in [1.165, 1.54) is 0 Å². The Morgan fingerprint density at radius 2 is 2.00 bits per heavy atom. The molecule has 0 saturated carbocycles. The molecule has 0 aromatic heterocycles. The summed E-state index contributed by atoms with van der Waals surface area (Å²) in [6, 6.07) is 13.2. The van der Waals surface area contributed by atoms with Crippen molar-refractivity contribution >= 4 is 27.5 Å². The van der Waals surface area contributed by atoms with Crippen LogP contribution in [-0.4, -0.2) is 5.91 Å². The van der Waals surface area contributed by atoms with Gasteiger partial charge in [-0.05, 0) is 36.2 Å². The van der Waals surface area contributed by atoms with Crippen molar-refractivity contribution in [3.8, 4) is 0 Å². The van der Waals surface area contributed by atoms with Gasteiger partial charge in [0, 0.05) is 16.7 Å². The molecule has 19 heavy (non-hydrogen) atoms. The fourth-order valence-electron chi connectivity index (χ4n) is 1.82. The highest BCUT2D eigenvalue weighted by Crippen LogP contribution is 2.18. The van der Waals surface area contributed by atoms with E-state index in [2.05, 4.69) is 21.2 Å². The number of amides is 1. The number of hydrogen-bond acceptors (Lipinski definition) is 2. The predicted molar refractivity (Wildman–Crippen MR) is 80.9 cm³/mol. The van der Waals surface area contributed by atoms with Crippen LogP contribution in [0.15, 0.2) is 46.9 Å². The first-order valence-corrected chi connectivity index (χ1v) is 6.75. The van der Waals surface area contributed by atoms with Crippen molar-refractivity contribution in [3.05, 3.63) is 63.6 Å². The second kappa shape index (κ2) is 5.89. The van der Waals surface area contributed by atoms with Crippen LogP contribution in [0.1, 0.15) is 21.5 Å². The van der Waals surface area contributed by atoms with Crippen molar-refractivity contribution in [2.45, 2.75) is 13.5 Å². The van der Waals surface area contributed by atoms with Gasteiger partial charge in [-0.1, -0.05) is 40.2 Å². The standard InChI is InChI=1S/C15H15BrN2O/c1-10-4-2-3-5-11(10)9-18-15(19)13-7-6-12(16)8-14(13)17/h2-8H,9,17H2,1H3,(H,18,19). The van der Waals surface area contributed by atoms with E-state index in [0.29, 0.717) is 17.8 Å². The lowest BCUT2D eigenvalue weighted by molar-refractivity contribution is 0.0952. The molecule has 0 spiro atoms. The zero-order chi connectivity index (χ0) is 13.8. The van der Waals surface area contributed by atoms with Crippen LogP contribution < -0.4 is 11.1 Å². The molecule has 2 aromatic carbocycles. The van der Waals surface area contributed by atoms with Crippen LogP contribution in [0.5, 0.6) is 0 Å². The predicted octanol–water partition coefficient (Wildman–Crippen LogP) is 3.27. The third-order valence-corrected chi connectivity index (χ3v) is 3.45. The molecule has 0 aliphatic rings. The van der Waals surface area contributed by atoms with Gasteiger partial charge < -0.3 is 11.1 Å². The summed E-state index contributed by atoms with van der Waals surface area (Å²) < 4.78 is 0.862. The summed E-state index contributed by atoms with van der Waals surface area (Å²) in [7, 11) is 0. The minimum Gasteiger partial charge on any atom is -0.398 e. The van der Waals surface area contributed by atoms with E-state index < -0.39 is 0 Å². The molecule has 0 fully saturated rings. The lowest BCUT2D eigenvalue weighted by atomic mass is 10.1. The molecule has 4 heteroatoms. The lowest BCUT2D eigenvalue weighted by Crippen LogP contribution is -2.24. The van der Waals surface area contributed by atoms with Gasteiger partial charge in [0.2, 0.25) is 0 Å². The summed E-state index contributed by atoms with van der Waals surface area (Å²) in [4.78, 5) is 12.1. The SMILES string of the molecule is Cc1ccccc1CNC(=O)c1ccc(Br)cc1N. The molecule has 0 bridgehead atoms. The van der Waals surface area contributed by atoms with Crippen molar-refractivity contribution in [2.75, 3.05) is 5.73 Å². The third kappa shape index (κ3) is 3.35. The Balaban J connectivity index is 2.08. The van der Waals surface area contributed by atoms with Crippen LogP contribution in [0.3, 0.4) is 0 Å². The van der Waals surface area contributed by atoms with E-state index in [4.69, 9.17) is 5.73 Å². The maximum Gasteiger partial charge on any atom is 0.253 e. The van der Waals surface area contributed by atoms with E-state index in [0.717, 1.165) is 15.6 Å². The number of halogens is 1. The fourth-order valence-corrected chi connectivity index (χ4v) is 2.20. The first-order valence-electron chi connectivity index (χ1n) is 5.95. The Hall–Kier alpha value is -1.81. The molecule has 0 aliphatic heterocycles. The summed E-state index contributed by atoms with van der Waals surface area (Å²) in [5, 5.41) is 2.88. The zero-order valence-corrected chi connectivity index (χ0v) is 12.2. The number of nitrogens with one attached hydrogen (secondary N) is 1. The summed E-state index contributed by atoms with van der Waals surface area (Å²) in [5.41, 5.74) is 9.06. The summed E-state index contributed by atoms with van der Waals surface area (Å²) >= 11 is 3.32. The number of nitrogens with two attached hydrogens (primary N) is 1. The Kier molecular flexibility index (Phi) is 4.22. The number of carbonyl (C=O) groups excluding carboxylic acids is 1. The maximum absolute atomic E-state index is 12.1. The second-order valence-electron chi connectivity index (χ2n) is 4.34. The Labute approximate surface area is 121 Å². The molecule has 98 valence electrons. The molecule has 0 heterocycles. The van der Waals surface area contributed by atoms with Gasteiger partial charge in [0.1, 0.15) is 0 Å². The molecule has 0 unspecified atom stereocenters. The molecule has 3 nitrogen and oxygen atoms in total. The first kappa shape index (κ1) is 13.6. The highest BCUT2D eigenvalue weighted by molar-refractivity contribution is 9.10. The van der Waals surface area contributed by atoms with Crippen molar-refractivity contribution in [3.63, 3.8) is 0 Å². The van der Waals surface area contributed by atoms with Gasteiger partial charge in [0.25, 0.3) is 5.91 Å². The number of benzene rings is 2. The number of carbonyl (C=O) groups is 1. The summed E-state index contributed by atoms with van der Waals surface area (Å²) in [5.74, 6) is -0.159. The minimum absolute atomic E-state index is 0.159. The molecule has 0 atom stereocenters. The summed E-state index contributed by atoms with van der Waals surface area (Å²) in [6.45, 7) is 2.52. The monoisotopic (exact) mass is 318 g/mol. The number of nitrogen functional groups attached to an aromatic ring is 1. The van der Waals surface area contributed by atoms with Crippen molar-refractivity contribution in [2.24, 2.45) is 0 Å². The average Bonchev–Trinajstić information content (AvgIpc) is 2.37. The quantitative estimate of drug-likeness (QED) is 0.853. The Morgan fingerprint density at radius 3 is 2.68 bits per heavy atom. The lowest BCUT2D eigenvalue weighted by Gasteiger charge is -2.09. The fraction of sp³-hybridized carbons (Fsp3) is 0.133. The van der Waals surface area contributed by atoms with E-state index in [1.54, 1.807) is 18.2 Å². The van der Waals surface area contributed by atoms with Gasteiger partial charge in [0.15, 0.2) is 0 Å². The van der Waals surface area contributed by atoms with Crippen LogP contribution in [0, 0.1) is 6.92 Å². The van der Waals surface area contributed by atoms with E-state index in [-0.39, 0.29) is 5.91 Å². The molecule has 3 N–H and O–H groups in total. The molecule has 0 saturated heterocycles. The molecular weight excluding hydrogens is 304 g/mol. The highest BCUT2D eigenvalue weighted by Gasteiger charge is 2.09. The largest absolute Gasteiger partial charge is 0.398 e. The first-order chi connectivity index (χ1) is 9.08. The van der Waals surface area contributed by atoms with Crippen LogP contribution in [0.4, 0.5) is 5.69 Å². The maximum atomic E-state index is 12.1. The van der Waals surface area contributed by atoms with Gasteiger partial charge >= 0.3 is 0 Å². The van der Waals surface area contributed by atoms with Gasteiger partial charge in [-0.25, -0.2) is 0 Å². The van der Waals surface area contributed by atoms with Gasteiger partial charge in [0.05, 0.1) is 5.56 Å². The number of hydrogen-bond donors (Lipinski definition) is 2. The summed E-state index contributed by atoms with van der Waals surface area (Å²) in [6.07, 6.45) is 0. The Bertz CT molecular complexity index is 611. The molecule has 2 rings (SSSR count). The van der Waals surface area contributed by atoms with E-state index in [9.17, 15) is 4.79 Å². The smallest absolute Gasteiger partial charge is 0.253 e. The van der Waals surface area contributed by atoms with Gasteiger partial charge in [-0.15, -0.1) is 0 Å². The third-order valence-electron chi connectivity index (χ3n) is 2.96. The topological polar surface area (TPSA) is 55.1 Å². The van der Waals surface area contributed by atoms with Gasteiger partial charge in [-0.2, -0.15) is 0 Å². The molecule has 1 amide bonds. The molecule has 0 aliphatic carbocycles. The van der Waals surface area contributed by atoms with Crippen LogP contribution in [0.25, 0.3) is 0 Å². The average molecular weight is 319 g/mol. The van der Waals surface area contributed by atoms with Crippen LogP contribution in [-0.2, 0) is 6.54 Å². The van der Waals surface area contributed by atoms with Crippen molar-refractivity contribution < 1.29 is 4.79 Å². The van der Waals surface area contributed by atoms with Gasteiger partial charge in [-0.3, -0.25) is 4.79 Å². The molecule has 2 aromatic rings. The number of aryl methyl sites for hydroxylation is 1. The van der Waals surface area contributed by atoms with E-state index >= 15 is 0 Å². The Morgan fingerprint density at radius 1 is 1.26 bits per heavy atom. The zero-order valence-electron chi connectivity index (χ0n) is 10.6.